The third-order valence-corrected chi connectivity index (χ3v) is 15.6. The molecule has 0 radical (unpaired) electrons. The molecule has 0 aromatic heterocycles. The molecule has 462 valence electrons. The van der Waals surface area contributed by atoms with E-state index in [0.29, 0.717) is 78.3 Å². The minimum absolute atomic E-state index is 0.161. The SMILES string of the molecule is CCCCCCCCCCCCOC(=O)CCN(CCCN(C)CCCN(CCC(=O)OCCCCCCCCCCCC)CCC(=O)OCCCCCCCCCCCC)CCC(=O)OCCCCCCCCCCCC. The summed E-state index contributed by atoms with van der Waals surface area (Å²) in [6, 6.07) is 0. The van der Waals surface area contributed by atoms with E-state index < -0.39 is 0 Å². The Bertz CT molecular complexity index is 1110. The van der Waals surface area contributed by atoms with Crippen LogP contribution >= 0.6 is 0 Å². The lowest BCUT2D eigenvalue weighted by molar-refractivity contribution is -0.146. The van der Waals surface area contributed by atoms with E-state index in [1.807, 2.05) is 0 Å². The van der Waals surface area contributed by atoms with Crippen LogP contribution in [0, 0.1) is 0 Å². The van der Waals surface area contributed by atoms with Gasteiger partial charge in [0.1, 0.15) is 0 Å². The lowest BCUT2D eigenvalue weighted by atomic mass is 10.1. The van der Waals surface area contributed by atoms with Crippen molar-refractivity contribution in [2.45, 2.75) is 323 Å². The number of hydrogen-bond acceptors (Lipinski definition) is 11. The van der Waals surface area contributed by atoms with Crippen molar-refractivity contribution in [1.29, 1.82) is 0 Å². The monoisotopic (exact) mass is 1110 g/mol. The Morgan fingerprint density at radius 3 is 0.603 bits per heavy atom. The highest BCUT2D eigenvalue weighted by atomic mass is 16.5. The van der Waals surface area contributed by atoms with E-state index in [4.69, 9.17) is 18.9 Å². The smallest absolute Gasteiger partial charge is 0.307 e. The number of esters is 4. The summed E-state index contributed by atoms with van der Waals surface area (Å²) in [4.78, 5) is 58.2. The molecule has 0 spiro atoms. The molecule has 0 unspecified atom stereocenters. The number of hydrogen-bond donors (Lipinski definition) is 0. The van der Waals surface area contributed by atoms with Crippen LogP contribution in [0.25, 0.3) is 0 Å². The lowest BCUT2D eigenvalue weighted by Gasteiger charge is -2.25. The first-order chi connectivity index (χ1) is 38.2. The van der Waals surface area contributed by atoms with Crippen molar-refractivity contribution in [2.24, 2.45) is 0 Å². The average Bonchev–Trinajstić information content (AvgIpc) is 3.43. The van der Waals surface area contributed by atoms with E-state index in [2.05, 4.69) is 49.4 Å². The minimum atomic E-state index is -0.161. The second-order valence-electron chi connectivity index (χ2n) is 23.3. The Kier molecular flexibility index (Phi) is 60.6. The Labute approximate surface area is 483 Å². The van der Waals surface area contributed by atoms with Gasteiger partial charge in [0.2, 0.25) is 0 Å². The van der Waals surface area contributed by atoms with Crippen molar-refractivity contribution in [3.05, 3.63) is 0 Å². The summed E-state index contributed by atoms with van der Waals surface area (Å²) in [7, 11) is 2.14. The van der Waals surface area contributed by atoms with Gasteiger partial charge in [-0.25, -0.2) is 0 Å². The van der Waals surface area contributed by atoms with Gasteiger partial charge in [-0.3, -0.25) is 19.2 Å². The van der Waals surface area contributed by atoms with Gasteiger partial charge < -0.3 is 33.6 Å². The summed E-state index contributed by atoms with van der Waals surface area (Å²) >= 11 is 0. The van der Waals surface area contributed by atoms with E-state index >= 15 is 0 Å². The number of ether oxygens (including phenoxy) is 4. The van der Waals surface area contributed by atoms with Gasteiger partial charge in [0.05, 0.1) is 52.1 Å². The van der Waals surface area contributed by atoms with Crippen molar-refractivity contribution in [3.8, 4) is 0 Å². The molecular formula is C67H131N3O8. The first-order valence-electron chi connectivity index (χ1n) is 34.0. The fraction of sp³-hybridized carbons (Fsp3) is 0.940. The molecule has 0 aliphatic heterocycles. The van der Waals surface area contributed by atoms with Crippen molar-refractivity contribution in [2.75, 3.05) is 85.8 Å². The largest absolute Gasteiger partial charge is 0.466 e. The normalized spacial score (nSPS) is 11.6. The summed E-state index contributed by atoms with van der Waals surface area (Å²) in [5.74, 6) is -0.645. The average molecular weight is 1110 g/mol. The number of carbonyl (C=O) groups excluding carboxylic acids is 4. The highest BCUT2D eigenvalue weighted by molar-refractivity contribution is 5.71. The number of rotatable bonds is 64. The van der Waals surface area contributed by atoms with Gasteiger partial charge in [-0.15, -0.1) is 0 Å². The summed E-state index contributed by atoms with van der Waals surface area (Å²) in [6.45, 7) is 16.5. The molecule has 0 atom stereocenters. The quantitative estimate of drug-likeness (QED) is 0.0329. The van der Waals surface area contributed by atoms with Gasteiger partial charge in [0.15, 0.2) is 0 Å². The van der Waals surface area contributed by atoms with Gasteiger partial charge in [-0.1, -0.05) is 259 Å². The number of unbranched alkanes of at least 4 members (excludes halogenated alkanes) is 36. The number of nitrogens with zero attached hydrogens (tertiary/aromatic N) is 3. The topological polar surface area (TPSA) is 115 Å². The molecule has 0 fully saturated rings. The first kappa shape index (κ1) is 75.8. The van der Waals surface area contributed by atoms with Gasteiger partial charge in [0, 0.05) is 26.2 Å². The first-order valence-corrected chi connectivity index (χ1v) is 34.0. The van der Waals surface area contributed by atoms with Crippen LogP contribution in [0.2, 0.25) is 0 Å². The Hall–Kier alpha value is -2.24. The molecule has 0 amide bonds. The maximum absolute atomic E-state index is 12.9. The Balaban J connectivity index is 5.04. The maximum atomic E-state index is 12.9. The molecule has 11 heteroatoms. The summed E-state index contributed by atoms with van der Waals surface area (Å²) in [5.41, 5.74) is 0. The third kappa shape index (κ3) is 58.4. The second kappa shape index (κ2) is 62.4. The van der Waals surface area contributed by atoms with Crippen molar-refractivity contribution in [1.82, 2.24) is 14.7 Å². The fourth-order valence-electron chi connectivity index (χ4n) is 10.3. The lowest BCUT2D eigenvalue weighted by Crippen LogP contribution is -2.34. The van der Waals surface area contributed by atoms with E-state index in [1.165, 1.54) is 205 Å². The highest BCUT2D eigenvalue weighted by Crippen LogP contribution is 2.15. The standard InChI is InChI=1S/C67H131N3O8/c1-6-10-14-18-22-26-30-34-38-42-60-75-64(71)48-56-69(57-49-65(72)76-61-43-39-35-31-27-23-19-15-11-7-2)54-46-52-68(5)53-47-55-70(58-50-66(73)77-62-44-40-36-32-28-24-20-16-12-8-3)59-51-67(74)78-63-45-41-37-33-29-25-21-17-13-9-4/h6-63H2,1-5H3. The molecule has 0 aliphatic rings. The molecule has 0 saturated carbocycles. The van der Waals surface area contributed by atoms with Gasteiger partial charge in [0.25, 0.3) is 0 Å². The molecule has 0 rings (SSSR count). The zero-order chi connectivity index (χ0) is 56.9. The maximum Gasteiger partial charge on any atom is 0.307 e. The van der Waals surface area contributed by atoms with Crippen LogP contribution in [0.4, 0.5) is 0 Å². The second-order valence-corrected chi connectivity index (χ2v) is 23.3. The van der Waals surface area contributed by atoms with Crippen molar-refractivity contribution < 1.29 is 38.1 Å². The molecule has 0 N–H and O–H groups in total. The molecule has 0 aromatic rings. The molecular weight excluding hydrogens is 975 g/mol. The molecule has 0 bridgehead atoms. The predicted octanol–water partition coefficient (Wildman–Crippen LogP) is 17.7. The zero-order valence-corrected chi connectivity index (χ0v) is 52.6. The van der Waals surface area contributed by atoms with Gasteiger partial charge >= 0.3 is 23.9 Å². The predicted molar refractivity (Wildman–Crippen MR) is 329 cm³/mol. The Morgan fingerprint density at radius 1 is 0.231 bits per heavy atom. The van der Waals surface area contributed by atoms with Crippen LogP contribution in [0.5, 0.6) is 0 Å². The minimum Gasteiger partial charge on any atom is -0.466 e. The van der Waals surface area contributed by atoms with E-state index in [0.717, 1.165) is 90.4 Å². The van der Waals surface area contributed by atoms with Crippen LogP contribution in [0.3, 0.4) is 0 Å². The summed E-state index contributed by atoms with van der Waals surface area (Å²) in [6.07, 6.45) is 52.9. The van der Waals surface area contributed by atoms with Gasteiger partial charge in [-0.05, 0) is 71.8 Å². The van der Waals surface area contributed by atoms with Crippen LogP contribution in [-0.4, -0.2) is 124 Å². The van der Waals surface area contributed by atoms with E-state index in [1.54, 1.807) is 0 Å². The van der Waals surface area contributed by atoms with Crippen LogP contribution in [-0.2, 0) is 38.1 Å². The molecule has 0 saturated heterocycles. The summed E-state index contributed by atoms with van der Waals surface area (Å²) in [5, 5.41) is 0. The van der Waals surface area contributed by atoms with Crippen LogP contribution in [0.1, 0.15) is 323 Å². The number of carbonyl (C=O) groups is 4. The molecule has 11 nitrogen and oxygen atoms in total. The zero-order valence-electron chi connectivity index (χ0n) is 52.6. The van der Waals surface area contributed by atoms with Gasteiger partial charge in [-0.2, -0.15) is 0 Å². The fourth-order valence-corrected chi connectivity index (χ4v) is 10.3. The van der Waals surface area contributed by atoms with E-state index in [9.17, 15) is 19.2 Å². The summed E-state index contributed by atoms with van der Waals surface area (Å²) < 4.78 is 22.6. The molecule has 78 heavy (non-hydrogen) atoms. The highest BCUT2D eigenvalue weighted by Gasteiger charge is 2.16. The molecule has 0 aromatic carbocycles. The third-order valence-electron chi connectivity index (χ3n) is 15.6. The van der Waals surface area contributed by atoms with E-state index in [-0.39, 0.29) is 23.9 Å². The van der Waals surface area contributed by atoms with Crippen LogP contribution < -0.4 is 0 Å². The van der Waals surface area contributed by atoms with Crippen molar-refractivity contribution >= 4 is 23.9 Å². The molecule has 0 heterocycles. The molecule has 0 aliphatic carbocycles. The van der Waals surface area contributed by atoms with Crippen molar-refractivity contribution in [3.63, 3.8) is 0 Å². The van der Waals surface area contributed by atoms with Crippen LogP contribution in [0.15, 0.2) is 0 Å². The Morgan fingerprint density at radius 2 is 0.410 bits per heavy atom.